The number of carboxylic acid groups (broad SMARTS) is 1. The minimum absolute atomic E-state index is 0.112. The summed E-state index contributed by atoms with van der Waals surface area (Å²) >= 11 is 0. The van der Waals surface area contributed by atoms with Crippen molar-refractivity contribution in [3.63, 3.8) is 0 Å². The quantitative estimate of drug-likeness (QED) is 0.643. The van der Waals surface area contributed by atoms with Crippen molar-refractivity contribution >= 4 is 17.3 Å². The number of halogens is 1. The van der Waals surface area contributed by atoms with E-state index in [4.69, 9.17) is 5.11 Å². The number of aliphatic carboxylic acids is 1. The lowest BCUT2D eigenvalue weighted by atomic mass is 10.1. The lowest BCUT2D eigenvalue weighted by Gasteiger charge is -2.18. The fourth-order valence-corrected chi connectivity index (χ4v) is 1.49. The molecule has 0 radical (unpaired) electrons. The Bertz CT molecular complexity index is 490. The van der Waals surface area contributed by atoms with Gasteiger partial charge in [0, 0.05) is 13.6 Å². The molecule has 0 heterocycles. The summed E-state index contributed by atoms with van der Waals surface area (Å²) in [5.74, 6) is -1.65. The highest BCUT2D eigenvalue weighted by atomic mass is 19.1. The molecular weight excluding hydrogens is 243 g/mol. The molecule has 0 fully saturated rings. The number of nitro groups is 1. The highest BCUT2D eigenvalue weighted by Gasteiger charge is 2.20. The SMILES string of the molecule is Cc1cc(N(C)CCC(=O)O)c([N+](=O)[O-])cc1F. The first-order valence-electron chi connectivity index (χ1n) is 5.20. The molecule has 1 aromatic carbocycles. The molecular formula is C11H13FN2O4. The van der Waals surface area contributed by atoms with Crippen LogP contribution in [-0.2, 0) is 4.79 Å². The summed E-state index contributed by atoms with van der Waals surface area (Å²) < 4.78 is 13.3. The molecule has 0 saturated heterocycles. The van der Waals surface area contributed by atoms with Gasteiger partial charge in [0.25, 0.3) is 5.69 Å². The smallest absolute Gasteiger partial charge is 0.305 e. The van der Waals surface area contributed by atoms with Gasteiger partial charge in [-0.05, 0) is 18.6 Å². The van der Waals surface area contributed by atoms with Crippen LogP contribution in [0.3, 0.4) is 0 Å². The van der Waals surface area contributed by atoms with Crippen LogP contribution in [0, 0.1) is 22.9 Å². The number of hydrogen-bond donors (Lipinski definition) is 1. The number of carboxylic acids is 1. The van der Waals surface area contributed by atoms with Gasteiger partial charge in [0.1, 0.15) is 11.5 Å². The van der Waals surface area contributed by atoms with Crippen molar-refractivity contribution in [2.24, 2.45) is 0 Å². The third-order valence-electron chi connectivity index (χ3n) is 2.52. The molecule has 0 bridgehead atoms. The predicted molar refractivity (Wildman–Crippen MR) is 63.3 cm³/mol. The third-order valence-corrected chi connectivity index (χ3v) is 2.52. The van der Waals surface area contributed by atoms with Crippen molar-refractivity contribution < 1.29 is 19.2 Å². The Hall–Kier alpha value is -2.18. The van der Waals surface area contributed by atoms with Crippen molar-refractivity contribution in [2.45, 2.75) is 13.3 Å². The van der Waals surface area contributed by atoms with E-state index in [-0.39, 0.29) is 29.9 Å². The Morgan fingerprint density at radius 2 is 2.17 bits per heavy atom. The molecule has 0 saturated carbocycles. The number of nitro benzene ring substituents is 1. The molecule has 6 nitrogen and oxygen atoms in total. The summed E-state index contributed by atoms with van der Waals surface area (Å²) in [6.45, 7) is 1.61. The van der Waals surface area contributed by atoms with Crippen LogP contribution < -0.4 is 4.90 Å². The molecule has 0 spiro atoms. The van der Waals surface area contributed by atoms with Crippen LogP contribution in [0.1, 0.15) is 12.0 Å². The minimum atomic E-state index is -0.997. The van der Waals surface area contributed by atoms with E-state index in [1.54, 1.807) is 0 Å². The van der Waals surface area contributed by atoms with E-state index in [0.717, 1.165) is 6.07 Å². The van der Waals surface area contributed by atoms with Gasteiger partial charge in [0.05, 0.1) is 17.4 Å². The predicted octanol–water partition coefficient (Wildman–Crippen LogP) is 1.95. The summed E-state index contributed by atoms with van der Waals surface area (Å²) in [7, 11) is 1.53. The molecule has 0 aliphatic heterocycles. The van der Waals surface area contributed by atoms with E-state index >= 15 is 0 Å². The summed E-state index contributed by atoms with van der Waals surface area (Å²) in [4.78, 5) is 22.0. The Morgan fingerprint density at radius 3 is 2.67 bits per heavy atom. The van der Waals surface area contributed by atoms with E-state index in [0.29, 0.717) is 0 Å². The lowest BCUT2D eigenvalue weighted by molar-refractivity contribution is -0.384. The molecule has 0 aliphatic rings. The maximum Gasteiger partial charge on any atom is 0.305 e. The molecule has 7 heteroatoms. The van der Waals surface area contributed by atoms with Gasteiger partial charge >= 0.3 is 5.97 Å². The first-order valence-corrected chi connectivity index (χ1v) is 5.20. The van der Waals surface area contributed by atoms with Crippen LogP contribution >= 0.6 is 0 Å². The van der Waals surface area contributed by atoms with Crippen LogP contribution in [-0.4, -0.2) is 29.6 Å². The summed E-state index contributed by atoms with van der Waals surface area (Å²) in [6, 6.07) is 2.19. The fourth-order valence-electron chi connectivity index (χ4n) is 1.49. The maximum atomic E-state index is 13.3. The first kappa shape index (κ1) is 13.9. The molecule has 1 N–H and O–H groups in total. The Balaban J connectivity index is 3.09. The van der Waals surface area contributed by atoms with Crippen LogP contribution in [0.15, 0.2) is 12.1 Å². The van der Waals surface area contributed by atoms with Gasteiger partial charge in [0.2, 0.25) is 0 Å². The molecule has 0 aromatic heterocycles. The molecule has 0 amide bonds. The average molecular weight is 256 g/mol. The minimum Gasteiger partial charge on any atom is -0.481 e. The summed E-state index contributed by atoms with van der Waals surface area (Å²) in [6.07, 6.45) is -0.149. The van der Waals surface area contributed by atoms with E-state index < -0.39 is 16.7 Å². The standard InChI is InChI=1S/C11H13FN2O4/c1-7-5-9(13(2)4-3-11(15)16)10(14(17)18)6-8(7)12/h5-6H,3-4H2,1-2H3,(H,15,16). The largest absolute Gasteiger partial charge is 0.481 e. The summed E-state index contributed by atoms with van der Waals surface area (Å²) in [5, 5.41) is 19.4. The van der Waals surface area contributed by atoms with Crippen LogP contribution in [0.25, 0.3) is 0 Å². The van der Waals surface area contributed by atoms with E-state index in [1.165, 1.54) is 24.9 Å². The van der Waals surface area contributed by atoms with Crippen molar-refractivity contribution in [2.75, 3.05) is 18.5 Å². The fraction of sp³-hybridized carbons (Fsp3) is 0.364. The number of hydrogen-bond acceptors (Lipinski definition) is 4. The van der Waals surface area contributed by atoms with Gasteiger partial charge in [-0.25, -0.2) is 4.39 Å². The maximum absolute atomic E-state index is 13.3. The topological polar surface area (TPSA) is 83.7 Å². The Morgan fingerprint density at radius 1 is 1.56 bits per heavy atom. The normalized spacial score (nSPS) is 10.2. The van der Waals surface area contributed by atoms with E-state index in [1.807, 2.05) is 0 Å². The number of anilines is 1. The Labute approximate surface area is 103 Å². The number of nitrogens with zero attached hydrogens (tertiary/aromatic N) is 2. The van der Waals surface area contributed by atoms with Crippen molar-refractivity contribution in [3.05, 3.63) is 33.6 Å². The van der Waals surface area contributed by atoms with Crippen molar-refractivity contribution in [1.29, 1.82) is 0 Å². The molecule has 98 valence electrons. The molecule has 0 atom stereocenters. The molecule has 1 rings (SSSR count). The molecule has 0 aliphatic carbocycles. The zero-order chi connectivity index (χ0) is 13.9. The van der Waals surface area contributed by atoms with Gasteiger partial charge in [-0.15, -0.1) is 0 Å². The second kappa shape index (κ2) is 5.44. The summed E-state index contributed by atoms with van der Waals surface area (Å²) in [5.41, 5.74) is 0.115. The zero-order valence-electron chi connectivity index (χ0n) is 10.0. The Kier molecular flexibility index (Phi) is 4.19. The number of aryl methyl sites for hydroxylation is 1. The van der Waals surface area contributed by atoms with Gasteiger partial charge in [-0.2, -0.15) is 0 Å². The highest BCUT2D eigenvalue weighted by Crippen LogP contribution is 2.30. The van der Waals surface area contributed by atoms with E-state index in [2.05, 4.69) is 0 Å². The number of rotatable bonds is 5. The van der Waals surface area contributed by atoms with Crippen molar-refractivity contribution in [1.82, 2.24) is 0 Å². The van der Waals surface area contributed by atoms with Crippen LogP contribution in [0.2, 0.25) is 0 Å². The van der Waals surface area contributed by atoms with Gasteiger partial charge < -0.3 is 10.0 Å². The second-order valence-electron chi connectivity index (χ2n) is 3.91. The van der Waals surface area contributed by atoms with Gasteiger partial charge in [-0.3, -0.25) is 14.9 Å². The monoisotopic (exact) mass is 256 g/mol. The third kappa shape index (κ3) is 3.16. The van der Waals surface area contributed by atoms with Crippen molar-refractivity contribution in [3.8, 4) is 0 Å². The second-order valence-corrected chi connectivity index (χ2v) is 3.91. The molecule has 18 heavy (non-hydrogen) atoms. The molecule has 1 aromatic rings. The van der Waals surface area contributed by atoms with Crippen LogP contribution in [0.4, 0.5) is 15.8 Å². The average Bonchev–Trinajstić information content (AvgIpc) is 2.28. The zero-order valence-corrected chi connectivity index (χ0v) is 10.0. The first-order chi connectivity index (χ1) is 8.32. The highest BCUT2D eigenvalue weighted by molar-refractivity contribution is 5.69. The molecule has 0 unspecified atom stereocenters. The van der Waals surface area contributed by atoms with Gasteiger partial charge in [0.15, 0.2) is 0 Å². The van der Waals surface area contributed by atoms with Crippen LogP contribution in [0.5, 0.6) is 0 Å². The number of carbonyl (C=O) groups is 1. The lowest BCUT2D eigenvalue weighted by Crippen LogP contribution is -2.22. The van der Waals surface area contributed by atoms with Gasteiger partial charge in [-0.1, -0.05) is 0 Å². The van der Waals surface area contributed by atoms with E-state index in [9.17, 15) is 19.3 Å². The number of benzene rings is 1.